The molecule has 27 heavy (non-hydrogen) atoms. The van der Waals surface area contributed by atoms with Crippen LogP contribution in [0.1, 0.15) is 24.1 Å². The van der Waals surface area contributed by atoms with Crippen LogP contribution in [0.25, 0.3) is 10.6 Å². The molecule has 8 heteroatoms. The average Bonchev–Trinajstić information content (AvgIpc) is 3.14. The van der Waals surface area contributed by atoms with E-state index in [1.165, 1.54) is 29.7 Å². The highest BCUT2D eigenvalue weighted by atomic mass is 32.1. The first kappa shape index (κ1) is 17.5. The van der Waals surface area contributed by atoms with Gasteiger partial charge in [-0.25, -0.2) is 8.78 Å². The number of hydrogen-bond acceptors (Lipinski definition) is 6. The quantitative estimate of drug-likeness (QED) is 0.718. The highest BCUT2D eigenvalue weighted by Crippen LogP contribution is 2.45. The van der Waals surface area contributed by atoms with Crippen LogP contribution in [0, 0.1) is 17.1 Å². The fourth-order valence-corrected chi connectivity index (χ4v) is 4.10. The van der Waals surface area contributed by atoms with Gasteiger partial charge in [0.25, 0.3) is 0 Å². The standard InChI is InChI=1S/C19H15F2N5S/c20-14-8-19(9-14,16-15(21)5-2-6-23-16)11-24-18-26-25-17(27-18)13-4-1-3-12(7-13)10-22/h1-7,14H,8-9,11H2,(H,24,26)/t14-,19+. The molecule has 0 unspecified atom stereocenters. The largest absolute Gasteiger partial charge is 0.359 e. The molecule has 1 N–H and O–H groups in total. The summed E-state index contributed by atoms with van der Waals surface area (Å²) in [5.74, 6) is -0.419. The summed E-state index contributed by atoms with van der Waals surface area (Å²) in [6.45, 7) is 0.328. The topological polar surface area (TPSA) is 74.5 Å². The summed E-state index contributed by atoms with van der Waals surface area (Å²) in [4.78, 5) is 4.15. The lowest BCUT2D eigenvalue weighted by Crippen LogP contribution is -2.48. The highest BCUT2D eigenvalue weighted by molar-refractivity contribution is 7.18. The van der Waals surface area contributed by atoms with Gasteiger partial charge in [0, 0.05) is 23.7 Å². The molecule has 5 nitrogen and oxygen atoms in total. The minimum absolute atomic E-state index is 0.226. The minimum atomic E-state index is -0.952. The number of rotatable bonds is 5. The van der Waals surface area contributed by atoms with Crippen molar-refractivity contribution in [1.82, 2.24) is 15.2 Å². The Kier molecular flexibility index (Phi) is 4.54. The Morgan fingerprint density at radius 2 is 2.11 bits per heavy atom. The molecule has 4 rings (SSSR count). The smallest absolute Gasteiger partial charge is 0.206 e. The van der Waals surface area contributed by atoms with E-state index in [9.17, 15) is 8.78 Å². The number of aromatic nitrogens is 3. The number of alkyl halides is 1. The van der Waals surface area contributed by atoms with Crippen molar-refractivity contribution in [2.45, 2.75) is 24.4 Å². The summed E-state index contributed by atoms with van der Waals surface area (Å²) in [5, 5.41) is 21.7. The molecule has 0 atom stereocenters. The second-order valence-corrected chi connectivity index (χ2v) is 7.56. The molecule has 0 bridgehead atoms. The Morgan fingerprint density at radius 3 is 2.85 bits per heavy atom. The van der Waals surface area contributed by atoms with Crippen LogP contribution in [0.2, 0.25) is 0 Å². The van der Waals surface area contributed by atoms with Crippen LogP contribution in [-0.2, 0) is 5.41 Å². The van der Waals surface area contributed by atoms with Crippen molar-refractivity contribution < 1.29 is 8.78 Å². The SMILES string of the molecule is N#Cc1cccc(-c2nnc(NC[C@]3(c4ncccc4F)C[C@@H](F)C3)s2)c1. The maximum absolute atomic E-state index is 14.2. The van der Waals surface area contributed by atoms with Gasteiger partial charge in [0.05, 0.1) is 17.3 Å². The minimum Gasteiger partial charge on any atom is -0.359 e. The van der Waals surface area contributed by atoms with Crippen molar-refractivity contribution in [3.05, 3.63) is 59.7 Å². The molecule has 1 aliphatic carbocycles. The van der Waals surface area contributed by atoms with Crippen molar-refractivity contribution >= 4 is 16.5 Å². The van der Waals surface area contributed by atoms with Gasteiger partial charge >= 0.3 is 0 Å². The van der Waals surface area contributed by atoms with E-state index in [1.54, 1.807) is 18.2 Å². The van der Waals surface area contributed by atoms with E-state index in [-0.39, 0.29) is 18.5 Å². The number of halogens is 2. The maximum atomic E-state index is 14.2. The number of nitrogens with zero attached hydrogens (tertiary/aromatic N) is 4. The molecule has 1 saturated carbocycles. The predicted molar refractivity (Wildman–Crippen MR) is 98.6 cm³/mol. The number of hydrogen-bond donors (Lipinski definition) is 1. The second-order valence-electron chi connectivity index (χ2n) is 6.58. The van der Waals surface area contributed by atoms with Crippen molar-refractivity contribution in [2.75, 3.05) is 11.9 Å². The van der Waals surface area contributed by atoms with Crippen LogP contribution in [0.15, 0.2) is 42.6 Å². The third-order valence-corrected chi connectivity index (χ3v) is 5.66. The lowest BCUT2D eigenvalue weighted by molar-refractivity contribution is 0.0965. The van der Waals surface area contributed by atoms with Crippen LogP contribution < -0.4 is 5.32 Å². The maximum Gasteiger partial charge on any atom is 0.206 e. The van der Waals surface area contributed by atoms with Crippen LogP contribution >= 0.6 is 11.3 Å². The number of nitrogens with one attached hydrogen (secondary N) is 1. The van der Waals surface area contributed by atoms with Crippen molar-refractivity contribution in [2.24, 2.45) is 0 Å². The Hall–Kier alpha value is -2.92. The average molecular weight is 383 g/mol. The van der Waals surface area contributed by atoms with Gasteiger partial charge in [-0.3, -0.25) is 4.98 Å². The monoisotopic (exact) mass is 383 g/mol. The van der Waals surface area contributed by atoms with Crippen LogP contribution in [-0.4, -0.2) is 27.9 Å². The normalized spacial score (nSPS) is 21.3. The number of pyridine rings is 1. The van der Waals surface area contributed by atoms with E-state index in [1.807, 2.05) is 6.07 Å². The fourth-order valence-electron chi connectivity index (χ4n) is 3.36. The van der Waals surface area contributed by atoms with E-state index < -0.39 is 17.4 Å². The van der Waals surface area contributed by atoms with Gasteiger partial charge in [-0.05, 0) is 37.1 Å². The lowest BCUT2D eigenvalue weighted by Gasteiger charge is -2.43. The fraction of sp³-hybridized carbons (Fsp3) is 0.263. The molecule has 2 aromatic heterocycles. The van der Waals surface area contributed by atoms with Gasteiger partial charge in [0.1, 0.15) is 17.0 Å². The summed E-state index contributed by atoms with van der Waals surface area (Å²) in [5.41, 5.74) is 0.956. The first-order valence-electron chi connectivity index (χ1n) is 8.43. The van der Waals surface area contributed by atoms with Gasteiger partial charge in [0.15, 0.2) is 0 Å². The summed E-state index contributed by atoms with van der Waals surface area (Å²) in [6, 6.07) is 12.1. The van der Waals surface area contributed by atoms with Crippen molar-refractivity contribution in [3.8, 4) is 16.6 Å². The molecule has 136 valence electrons. The summed E-state index contributed by atoms with van der Waals surface area (Å²) in [6.07, 6.45) is 1.02. The number of anilines is 1. The zero-order valence-corrected chi connectivity index (χ0v) is 15.0. The summed E-state index contributed by atoms with van der Waals surface area (Å²) in [7, 11) is 0. The molecule has 0 radical (unpaired) electrons. The Balaban J connectivity index is 1.52. The van der Waals surface area contributed by atoms with Crippen LogP contribution in [0.5, 0.6) is 0 Å². The Bertz CT molecular complexity index is 1010. The van der Waals surface area contributed by atoms with E-state index in [4.69, 9.17) is 5.26 Å². The molecule has 1 aromatic carbocycles. The van der Waals surface area contributed by atoms with Gasteiger partial charge in [0.2, 0.25) is 5.13 Å². The zero-order valence-electron chi connectivity index (χ0n) is 14.2. The molecule has 1 fully saturated rings. The zero-order chi connectivity index (χ0) is 18.9. The molecule has 1 aliphatic rings. The molecule has 0 amide bonds. The number of benzene rings is 1. The molecule has 0 saturated heterocycles. The molecular formula is C19H15F2N5S. The third-order valence-electron chi connectivity index (χ3n) is 4.73. The second kappa shape index (κ2) is 7.00. The van der Waals surface area contributed by atoms with E-state index in [0.29, 0.717) is 22.2 Å². The van der Waals surface area contributed by atoms with Gasteiger partial charge in [-0.1, -0.05) is 23.5 Å². The molecule has 0 spiro atoms. The molecular weight excluding hydrogens is 368 g/mol. The summed E-state index contributed by atoms with van der Waals surface area (Å²) < 4.78 is 27.8. The molecule has 2 heterocycles. The van der Waals surface area contributed by atoms with Gasteiger partial charge in [-0.15, -0.1) is 10.2 Å². The van der Waals surface area contributed by atoms with Crippen LogP contribution in [0.4, 0.5) is 13.9 Å². The van der Waals surface area contributed by atoms with E-state index in [2.05, 4.69) is 26.6 Å². The van der Waals surface area contributed by atoms with E-state index in [0.717, 1.165) is 5.56 Å². The Morgan fingerprint density at radius 1 is 1.26 bits per heavy atom. The first-order valence-corrected chi connectivity index (χ1v) is 9.24. The predicted octanol–water partition coefficient (Wildman–Crippen LogP) is 4.09. The molecule has 3 aromatic rings. The lowest BCUT2D eigenvalue weighted by atomic mass is 9.65. The number of nitriles is 1. The van der Waals surface area contributed by atoms with Gasteiger partial charge < -0.3 is 5.32 Å². The first-order chi connectivity index (χ1) is 13.1. The van der Waals surface area contributed by atoms with Crippen molar-refractivity contribution in [3.63, 3.8) is 0 Å². The van der Waals surface area contributed by atoms with E-state index >= 15 is 0 Å². The molecule has 0 aliphatic heterocycles. The van der Waals surface area contributed by atoms with Crippen molar-refractivity contribution in [1.29, 1.82) is 5.26 Å². The summed E-state index contributed by atoms with van der Waals surface area (Å²) >= 11 is 1.33. The van der Waals surface area contributed by atoms with Gasteiger partial charge in [-0.2, -0.15) is 5.26 Å². The van der Waals surface area contributed by atoms with Crippen LogP contribution in [0.3, 0.4) is 0 Å². The highest BCUT2D eigenvalue weighted by Gasteiger charge is 2.48. The Labute approximate surface area is 158 Å². The third kappa shape index (κ3) is 3.38.